The summed E-state index contributed by atoms with van der Waals surface area (Å²) < 4.78 is 13.2. The first-order valence-electron chi connectivity index (χ1n) is 10.4. The van der Waals surface area contributed by atoms with Crippen LogP contribution in [0.3, 0.4) is 0 Å². The first-order chi connectivity index (χ1) is 14.6. The van der Waals surface area contributed by atoms with Gasteiger partial charge < -0.3 is 24.7 Å². The van der Waals surface area contributed by atoms with Crippen LogP contribution in [0.1, 0.15) is 34.8 Å². The molecular weight excluding hydrogens is 378 g/mol. The van der Waals surface area contributed by atoms with Gasteiger partial charge in [0.25, 0.3) is 0 Å². The van der Waals surface area contributed by atoms with E-state index in [-0.39, 0.29) is 5.91 Å². The molecule has 1 amide bonds. The van der Waals surface area contributed by atoms with Crippen LogP contribution in [0.15, 0.2) is 48.7 Å². The summed E-state index contributed by atoms with van der Waals surface area (Å²) in [5.41, 5.74) is 8.30. The topological polar surface area (TPSA) is 69.7 Å². The van der Waals surface area contributed by atoms with Gasteiger partial charge in [-0.1, -0.05) is 6.07 Å². The molecule has 0 aliphatic carbocycles. The lowest BCUT2D eigenvalue weighted by Crippen LogP contribution is -2.35. The van der Waals surface area contributed by atoms with Crippen LogP contribution in [0.5, 0.6) is 11.5 Å². The number of carbonyl (C=O) groups excluding carboxylic acids is 1. The Morgan fingerprint density at radius 2 is 1.87 bits per heavy atom. The Labute approximate surface area is 177 Å². The third kappa shape index (κ3) is 4.14. The lowest BCUT2D eigenvalue weighted by molar-refractivity contribution is 0.100. The minimum absolute atomic E-state index is 0.382. The number of aromatic nitrogens is 1. The van der Waals surface area contributed by atoms with Crippen LogP contribution in [0.4, 0.5) is 0 Å². The van der Waals surface area contributed by atoms with E-state index in [0.717, 1.165) is 61.3 Å². The lowest BCUT2D eigenvalue weighted by atomic mass is 10.0. The first-order valence-corrected chi connectivity index (χ1v) is 10.4. The van der Waals surface area contributed by atoms with Gasteiger partial charge in [0.05, 0.1) is 14.2 Å². The minimum Gasteiger partial charge on any atom is -0.497 e. The molecule has 3 aromatic rings. The summed E-state index contributed by atoms with van der Waals surface area (Å²) in [4.78, 5) is 14.1. The summed E-state index contributed by atoms with van der Waals surface area (Å²) in [6.07, 6.45) is 5.23. The lowest BCUT2D eigenvalue weighted by Gasteiger charge is -2.33. The number of hydrogen-bond donors (Lipinski definition) is 1. The van der Waals surface area contributed by atoms with E-state index in [0.29, 0.717) is 11.6 Å². The number of primary amides is 1. The molecule has 158 valence electrons. The van der Waals surface area contributed by atoms with Crippen LogP contribution in [0.2, 0.25) is 0 Å². The smallest absolute Gasteiger partial charge is 0.248 e. The number of hydrogen-bond acceptors (Lipinski definition) is 4. The van der Waals surface area contributed by atoms with Crippen LogP contribution in [-0.4, -0.2) is 49.2 Å². The zero-order chi connectivity index (χ0) is 21.1. The Bertz CT molecular complexity index is 1040. The molecule has 0 unspecified atom stereocenters. The van der Waals surface area contributed by atoms with Crippen molar-refractivity contribution in [1.82, 2.24) is 9.47 Å². The fraction of sp³-hybridized carbons (Fsp3) is 0.375. The van der Waals surface area contributed by atoms with E-state index >= 15 is 0 Å². The van der Waals surface area contributed by atoms with Crippen molar-refractivity contribution >= 4 is 16.8 Å². The molecule has 4 rings (SSSR count). The fourth-order valence-electron chi connectivity index (χ4n) is 4.40. The van der Waals surface area contributed by atoms with Gasteiger partial charge in [-0.2, -0.15) is 0 Å². The Morgan fingerprint density at radius 3 is 2.57 bits per heavy atom. The summed E-state index contributed by atoms with van der Waals surface area (Å²) in [7, 11) is 3.40. The summed E-state index contributed by atoms with van der Waals surface area (Å²) in [6, 6.07) is 14.2. The third-order valence-electron chi connectivity index (χ3n) is 6.14. The average Bonchev–Trinajstić information content (AvgIpc) is 3.21. The van der Waals surface area contributed by atoms with E-state index in [4.69, 9.17) is 15.2 Å². The first kappa shape index (κ1) is 20.3. The standard InChI is InChI=1S/C24H29N3O3/c1-29-21-5-6-23(30-2)18(15-21)7-11-26-12-9-20(10-13-26)27-14-8-17-3-4-19(24(25)28)16-22(17)27/h3-6,8,14-16,20H,7,9-13H2,1-2H3,(H2,25,28). The van der Waals surface area contributed by atoms with Crippen molar-refractivity contribution in [2.75, 3.05) is 33.9 Å². The number of nitrogens with zero attached hydrogens (tertiary/aromatic N) is 2. The minimum atomic E-state index is -0.382. The zero-order valence-corrected chi connectivity index (χ0v) is 17.6. The molecule has 2 N–H and O–H groups in total. The van der Waals surface area contributed by atoms with Gasteiger partial charge in [-0.25, -0.2) is 0 Å². The van der Waals surface area contributed by atoms with Gasteiger partial charge in [0.15, 0.2) is 0 Å². The highest BCUT2D eigenvalue weighted by molar-refractivity contribution is 5.97. The van der Waals surface area contributed by atoms with Crippen molar-refractivity contribution in [3.63, 3.8) is 0 Å². The largest absolute Gasteiger partial charge is 0.497 e. The molecule has 0 radical (unpaired) electrons. The summed E-state index contributed by atoms with van der Waals surface area (Å²) in [5, 5.41) is 1.15. The highest BCUT2D eigenvalue weighted by Gasteiger charge is 2.22. The van der Waals surface area contributed by atoms with Gasteiger partial charge in [-0.05, 0) is 66.6 Å². The number of methoxy groups -OCH3 is 2. The maximum absolute atomic E-state index is 11.6. The average molecular weight is 408 g/mol. The molecule has 2 aromatic carbocycles. The molecule has 0 saturated carbocycles. The Balaban J connectivity index is 1.39. The van der Waals surface area contributed by atoms with Crippen molar-refractivity contribution < 1.29 is 14.3 Å². The predicted molar refractivity (Wildman–Crippen MR) is 118 cm³/mol. The molecule has 6 heteroatoms. The second-order valence-electron chi connectivity index (χ2n) is 7.86. The zero-order valence-electron chi connectivity index (χ0n) is 17.6. The molecule has 1 saturated heterocycles. The Kier molecular flexibility index (Phi) is 5.95. The molecule has 1 fully saturated rings. The van der Waals surface area contributed by atoms with E-state index in [1.54, 1.807) is 20.3 Å². The Hall–Kier alpha value is -2.99. The second-order valence-corrected chi connectivity index (χ2v) is 7.86. The monoisotopic (exact) mass is 407 g/mol. The maximum atomic E-state index is 11.6. The molecule has 1 aliphatic rings. The van der Waals surface area contributed by atoms with Gasteiger partial charge in [0.2, 0.25) is 5.91 Å². The molecule has 0 bridgehead atoms. The van der Waals surface area contributed by atoms with Crippen LogP contribution in [-0.2, 0) is 6.42 Å². The number of amides is 1. The number of ether oxygens (including phenoxy) is 2. The van der Waals surface area contributed by atoms with Crippen molar-refractivity contribution in [1.29, 1.82) is 0 Å². The van der Waals surface area contributed by atoms with Gasteiger partial charge in [-0.3, -0.25) is 4.79 Å². The number of benzene rings is 2. The van der Waals surface area contributed by atoms with E-state index in [2.05, 4.69) is 27.8 Å². The maximum Gasteiger partial charge on any atom is 0.248 e. The number of likely N-dealkylation sites (tertiary alicyclic amines) is 1. The van der Waals surface area contributed by atoms with Crippen LogP contribution in [0, 0.1) is 0 Å². The Morgan fingerprint density at radius 1 is 1.07 bits per heavy atom. The van der Waals surface area contributed by atoms with E-state index < -0.39 is 0 Å². The van der Waals surface area contributed by atoms with Crippen molar-refractivity contribution in [2.24, 2.45) is 5.73 Å². The highest BCUT2D eigenvalue weighted by Crippen LogP contribution is 2.29. The normalized spacial score (nSPS) is 15.4. The van der Waals surface area contributed by atoms with Crippen LogP contribution in [0.25, 0.3) is 10.9 Å². The van der Waals surface area contributed by atoms with Gasteiger partial charge in [-0.15, -0.1) is 0 Å². The highest BCUT2D eigenvalue weighted by atomic mass is 16.5. The van der Waals surface area contributed by atoms with E-state index in [1.807, 2.05) is 24.3 Å². The molecule has 0 atom stereocenters. The summed E-state index contributed by atoms with van der Waals surface area (Å²) >= 11 is 0. The van der Waals surface area contributed by atoms with E-state index in [9.17, 15) is 4.79 Å². The van der Waals surface area contributed by atoms with Gasteiger partial charge in [0.1, 0.15) is 11.5 Å². The fourth-order valence-corrected chi connectivity index (χ4v) is 4.40. The second kappa shape index (κ2) is 8.79. The molecule has 1 aliphatic heterocycles. The summed E-state index contributed by atoms with van der Waals surface area (Å²) in [6.45, 7) is 3.09. The van der Waals surface area contributed by atoms with Crippen LogP contribution >= 0.6 is 0 Å². The molecule has 30 heavy (non-hydrogen) atoms. The summed E-state index contributed by atoms with van der Waals surface area (Å²) in [5.74, 6) is 1.39. The van der Waals surface area contributed by atoms with Crippen molar-refractivity contribution in [3.8, 4) is 11.5 Å². The van der Waals surface area contributed by atoms with Gasteiger partial charge in [0, 0.05) is 43.0 Å². The molecular formula is C24H29N3O3. The molecule has 1 aromatic heterocycles. The van der Waals surface area contributed by atoms with Crippen LogP contribution < -0.4 is 15.2 Å². The predicted octanol–water partition coefficient (Wildman–Crippen LogP) is 3.64. The number of carbonyl (C=O) groups is 1. The number of piperidine rings is 1. The van der Waals surface area contributed by atoms with Gasteiger partial charge >= 0.3 is 0 Å². The third-order valence-corrected chi connectivity index (χ3v) is 6.14. The van der Waals surface area contributed by atoms with Crippen molar-refractivity contribution in [2.45, 2.75) is 25.3 Å². The van der Waals surface area contributed by atoms with Crippen molar-refractivity contribution in [3.05, 3.63) is 59.8 Å². The number of nitrogens with two attached hydrogens (primary N) is 1. The number of fused-ring (bicyclic) bond motifs is 1. The molecule has 0 spiro atoms. The number of rotatable bonds is 7. The molecule has 2 heterocycles. The quantitative estimate of drug-likeness (QED) is 0.649. The SMILES string of the molecule is COc1ccc(OC)c(CCN2CCC(n3ccc4ccc(C(N)=O)cc43)CC2)c1. The van der Waals surface area contributed by atoms with E-state index in [1.165, 1.54) is 5.56 Å². The molecule has 6 nitrogen and oxygen atoms in total.